The highest BCUT2D eigenvalue weighted by Crippen LogP contribution is 2.27. The van der Waals surface area contributed by atoms with E-state index in [9.17, 15) is 0 Å². The second-order valence-electron chi connectivity index (χ2n) is 5.40. The standard InChI is InChI=1S/C19H20N4/c1-14-7-9-16(10-8-14)19-22-13-17(21-12-11-20)18(23-19)15-5-3-2-4-6-15/h2-10,13,21H,11-12,20H2,1H3. The summed E-state index contributed by atoms with van der Waals surface area (Å²) in [5.41, 5.74) is 10.7. The second kappa shape index (κ2) is 7.03. The third kappa shape index (κ3) is 3.55. The highest BCUT2D eigenvalue weighted by atomic mass is 15.0. The van der Waals surface area contributed by atoms with Crippen molar-refractivity contribution < 1.29 is 0 Å². The molecule has 0 aliphatic rings. The van der Waals surface area contributed by atoms with E-state index in [1.54, 1.807) is 0 Å². The maximum Gasteiger partial charge on any atom is 0.159 e. The average molecular weight is 304 g/mol. The molecule has 116 valence electrons. The number of nitrogens with zero attached hydrogens (tertiary/aromatic N) is 2. The van der Waals surface area contributed by atoms with Gasteiger partial charge in [0.05, 0.1) is 17.6 Å². The summed E-state index contributed by atoms with van der Waals surface area (Å²) >= 11 is 0. The van der Waals surface area contributed by atoms with E-state index < -0.39 is 0 Å². The molecule has 3 aromatic rings. The van der Waals surface area contributed by atoms with E-state index in [0.717, 1.165) is 28.3 Å². The molecule has 0 unspecified atom stereocenters. The lowest BCUT2D eigenvalue weighted by atomic mass is 10.1. The molecule has 4 nitrogen and oxygen atoms in total. The van der Waals surface area contributed by atoms with E-state index in [4.69, 9.17) is 10.7 Å². The summed E-state index contributed by atoms with van der Waals surface area (Å²) in [5, 5.41) is 3.30. The molecule has 0 bridgehead atoms. The molecule has 2 aromatic carbocycles. The first-order valence-electron chi connectivity index (χ1n) is 7.71. The molecule has 0 aliphatic carbocycles. The van der Waals surface area contributed by atoms with Gasteiger partial charge in [0.2, 0.25) is 0 Å². The van der Waals surface area contributed by atoms with Gasteiger partial charge in [0, 0.05) is 24.2 Å². The quantitative estimate of drug-likeness (QED) is 0.757. The van der Waals surface area contributed by atoms with Gasteiger partial charge in [-0.2, -0.15) is 0 Å². The molecule has 0 fully saturated rings. The highest BCUT2D eigenvalue weighted by Gasteiger charge is 2.10. The Labute approximate surface area is 136 Å². The molecule has 3 rings (SSSR count). The SMILES string of the molecule is Cc1ccc(-c2ncc(NCCN)c(-c3ccccc3)n2)cc1. The number of nitrogens with two attached hydrogens (primary N) is 1. The Morgan fingerprint density at radius 3 is 2.39 bits per heavy atom. The van der Waals surface area contributed by atoms with Crippen molar-refractivity contribution in [1.82, 2.24) is 9.97 Å². The smallest absolute Gasteiger partial charge is 0.159 e. The lowest BCUT2D eigenvalue weighted by Gasteiger charge is -2.12. The molecule has 23 heavy (non-hydrogen) atoms. The lowest BCUT2D eigenvalue weighted by molar-refractivity contribution is 1.02. The number of aromatic nitrogens is 2. The van der Waals surface area contributed by atoms with Crippen LogP contribution in [-0.2, 0) is 0 Å². The van der Waals surface area contributed by atoms with Gasteiger partial charge in [0.25, 0.3) is 0 Å². The molecular weight excluding hydrogens is 284 g/mol. The Balaban J connectivity index is 2.05. The van der Waals surface area contributed by atoms with Crippen LogP contribution in [-0.4, -0.2) is 23.1 Å². The summed E-state index contributed by atoms with van der Waals surface area (Å²) in [6, 6.07) is 18.4. The first-order chi connectivity index (χ1) is 11.3. The molecule has 0 aliphatic heterocycles. The number of rotatable bonds is 5. The third-order valence-electron chi connectivity index (χ3n) is 3.61. The summed E-state index contributed by atoms with van der Waals surface area (Å²) in [6.07, 6.45) is 1.83. The van der Waals surface area contributed by atoms with Gasteiger partial charge in [0.15, 0.2) is 5.82 Å². The largest absolute Gasteiger partial charge is 0.381 e. The Morgan fingerprint density at radius 1 is 0.957 bits per heavy atom. The van der Waals surface area contributed by atoms with Crippen molar-refractivity contribution in [3.05, 3.63) is 66.4 Å². The van der Waals surface area contributed by atoms with Crippen LogP contribution >= 0.6 is 0 Å². The fraction of sp³-hybridized carbons (Fsp3) is 0.158. The number of hydrogen-bond donors (Lipinski definition) is 2. The van der Waals surface area contributed by atoms with Crippen LogP contribution in [0, 0.1) is 6.92 Å². The minimum Gasteiger partial charge on any atom is -0.381 e. The van der Waals surface area contributed by atoms with E-state index in [0.29, 0.717) is 13.1 Å². The molecule has 0 saturated carbocycles. The van der Waals surface area contributed by atoms with Crippen LogP contribution in [0.3, 0.4) is 0 Å². The predicted molar refractivity (Wildman–Crippen MR) is 95.2 cm³/mol. The average Bonchev–Trinajstić information content (AvgIpc) is 2.61. The van der Waals surface area contributed by atoms with Crippen LogP contribution in [0.25, 0.3) is 22.6 Å². The monoisotopic (exact) mass is 304 g/mol. The zero-order chi connectivity index (χ0) is 16.1. The van der Waals surface area contributed by atoms with Crippen molar-refractivity contribution in [3.8, 4) is 22.6 Å². The van der Waals surface area contributed by atoms with Gasteiger partial charge in [-0.3, -0.25) is 0 Å². The van der Waals surface area contributed by atoms with Crippen molar-refractivity contribution in [2.24, 2.45) is 5.73 Å². The van der Waals surface area contributed by atoms with Crippen LogP contribution in [0.2, 0.25) is 0 Å². The van der Waals surface area contributed by atoms with Gasteiger partial charge in [-0.15, -0.1) is 0 Å². The molecule has 1 aromatic heterocycles. The molecular formula is C19H20N4. The normalized spacial score (nSPS) is 10.5. The van der Waals surface area contributed by atoms with Crippen molar-refractivity contribution in [2.75, 3.05) is 18.4 Å². The van der Waals surface area contributed by atoms with Crippen molar-refractivity contribution >= 4 is 5.69 Å². The van der Waals surface area contributed by atoms with Crippen molar-refractivity contribution in [2.45, 2.75) is 6.92 Å². The number of aryl methyl sites for hydroxylation is 1. The van der Waals surface area contributed by atoms with E-state index in [1.807, 2.05) is 36.5 Å². The van der Waals surface area contributed by atoms with Crippen molar-refractivity contribution in [1.29, 1.82) is 0 Å². The summed E-state index contributed by atoms with van der Waals surface area (Å²) in [4.78, 5) is 9.28. The van der Waals surface area contributed by atoms with Crippen LogP contribution in [0.1, 0.15) is 5.56 Å². The minimum absolute atomic E-state index is 0.563. The number of benzene rings is 2. The number of anilines is 1. The summed E-state index contributed by atoms with van der Waals surface area (Å²) < 4.78 is 0. The van der Waals surface area contributed by atoms with Crippen LogP contribution in [0.15, 0.2) is 60.8 Å². The van der Waals surface area contributed by atoms with E-state index in [1.165, 1.54) is 5.56 Å². The molecule has 0 spiro atoms. The van der Waals surface area contributed by atoms with Crippen molar-refractivity contribution in [3.63, 3.8) is 0 Å². The summed E-state index contributed by atoms with van der Waals surface area (Å²) in [6.45, 7) is 3.32. The Hall–Kier alpha value is -2.72. The summed E-state index contributed by atoms with van der Waals surface area (Å²) in [7, 11) is 0. The molecule has 3 N–H and O–H groups in total. The van der Waals surface area contributed by atoms with Gasteiger partial charge in [-0.25, -0.2) is 9.97 Å². The fourth-order valence-corrected chi connectivity index (χ4v) is 2.38. The van der Waals surface area contributed by atoms with Gasteiger partial charge >= 0.3 is 0 Å². The van der Waals surface area contributed by atoms with Crippen LogP contribution in [0.5, 0.6) is 0 Å². The number of nitrogens with one attached hydrogen (secondary N) is 1. The van der Waals surface area contributed by atoms with E-state index >= 15 is 0 Å². The summed E-state index contributed by atoms with van der Waals surface area (Å²) in [5.74, 6) is 0.724. The fourth-order valence-electron chi connectivity index (χ4n) is 2.38. The molecule has 0 amide bonds. The predicted octanol–water partition coefficient (Wildman–Crippen LogP) is 3.49. The topological polar surface area (TPSA) is 63.8 Å². The van der Waals surface area contributed by atoms with Gasteiger partial charge in [0.1, 0.15) is 0 Å². The molecule has 0 atom stereocenters. The molecule has 0 radical (unpaired) electrons. The first kappa shape index (κ1) is 15.2. The Bertz CT molecular complexity index is 767. The number of hydrogen-bond acceptors (Lipinski definition) is 4. The first-order valence-corrected chi connectivity index (χ1v) is 7.71. The van der Waals surface area contributed by atoms with E-state index in [2.05, 4.69) is 41.5 Å². The Morgan fingerprint density at radius 2 is 1.70 bits per heavy atom. The van der Waals surface area contributed by atoms with Gasteiger partial charge in [-0.05, 0) is 6.92 Å². The molecule has 0 saturated heterocycles. The van der Waals surface area contributed by atoms with Gasteiger partial charge in [-0.1, -0.05) is 60.2 Å². The Kier molecular flexibility index (Phi) is 4.64. The van der Waals surface area contributed by atoms with E-state index in [-0.39, 0.29) is 0 Å². The second-order valence-corrected chi connectivity index (χ2v) is 5.40. The van der Waals surface area contributed by atoms with Crippen LogP contribution < -0.4 is 11.1 Å². The zero-order valence-electron chi connectivity index (χ0n) is 13.2. The maximum absolute atomic E-state index is 5.60. The lowest BCUT2D eigenvalue weighted by Crippen LogP contribution is -2.14. The molecule has 4 heteroatoms. The zero-order valence-corrected chi connectivity index (χ0v) is 13.2. The van der Waals surface area contributed by atoms with Crippen LogP contribution in [0.4, 0.5) is 5.69 Å². The molecule has 1 heterocycles. The third-order valence-corrected chi connectivity index (χ3v) is 3.61. The maximum atomic E-state index is 5.60. The highest BCUT2D eigenvalue weighted by molar-refractivity contribution is 5.75. The minimum atomic E-state index is 0.563. The van der Waals surface area contributed by atoms with Gasteiger partial charge < -0.3 is 11.1 Å².